The summed E-state index contributed by atoms with van der Waals surface area (Å²) >= 11 is 0. The zero-order valence-electron chi connectivity index (χ0n) is 12.0. The van der Waals surface area contributed by atoms with Crippen molar-refractivity contribution in [1.29, 1.82) is 5.26 Å². The topological polar surface area (TPSA) is 83.0 Å². The summed E-state index contributed by atoms with van der Waals surface area (Å²) in [5.74, 6) is -0.368. The Morgan fingerprint density at radius 3 is 2.70 bits per heavy atom. The first kappa shape index (κ1) is 14.3. The molecule has 0 spiro atoms. The molecule has 0 aromatic carbocycles. The quantitative estimate of drug-likeness (QED) is 0.906. The van der Waals surface area contributed by atoms with Gasteiger partial charge in [-0.15, -0.1) is 0 Å². The van der Waals surface area contributed by atoms with E-state index in [0.29, 0.717) is 11.3 Å². The fourth-order valence-corrected chi connectivity index (χ4v) is 2.97. The minimum Gasteiger partial charge on any atom is -0.368 e. The lowest BCUT2D eigenvalue weighted by atomic mass is 10.1. The summed E-state index contributed by atoms with van der Waals surface area (Å²) in [5, 5.41) is 9.38. The molecule has 2 N–H and O–H groups in total. The SMILES string of the molecule is Cc1cc(N(CC(N)=O)C2CCCC2)c(C#N)c(C)n1. The summed E-state index contributed by atoms with van der Waals surface area (Å²) in [6, 6.07) is 4.38. The number of hydrogen-bond acceptors (Lipinski definition) is 4. The average molecular weight is 272 g/mol. The minimum absolute atomic E-state index is 0.155. The highest BCUT2D eigenvalue weighted by atomic mass is 16.1. The number of pyridine rings is 1. The van der Waals surface area contributed by atoms with E-state index in [4.69, 9.17) is 5.73 Å². The van der Waals surface area contributed by atoms with Gasteiger partial charge in [-0.25, -0.2) is 0 Å². The number of nitriles is 1. The van der Waals surface area contributed by atoms with Crippen molar-refractivity contribution in [2.45, 2.75) is 45.6 Å². The number of anilines is 1. The van der Waals surface area contributed by atoms with Crippen molar-refractivity contribution in [3.05, 3.63) is 23.0 Å². The van der Waals surface area contributed by atoms with Gasteiger partial charge in [-0.05, 0) is 32.8 Å². The van der Waals surface area contributed by atoms with Crippen molar-refractivity contribution in [1.82, 2.24) is 4.98 Å². The molecule has 1 aromatic rings. The van der Waals surface area contributed by atoms with E-state index in [9.17, 15) is 10.1 Å². The van der Waals surface area contributed by atoms with Crippen LogP contribution < -0.4 is 10.6 Å². The van der Waals surface area contributed by atoms with E-state index < -0.39 is 0 Å². The number of aromatic nitrogens is 1. The number of hydrogen-bond donors (Lipinski definition) is 1. The summed E-state index contributed by atoms with van der Waals surface area (Å²) in [5.41, 5.74) is 8.28. The molecule has 1 saturated carbocycles. The second kappa shape index (κ2) is 5.91. The molecule has 2 rings (SSSR count). The van der Waals surface area contributed by atoms with Crippen LogP contribution >= 0.6 is 0 Å². The molecule has 0 unspecified atom stereocenters. The van der Waals surface area contributed by atoms with E-state index in [-0.39, 0.29) is 18.5 Å². The van der Waals surface area contributed by atoms with Crippen LogP contribution in [-0.4, -0.2) is 23.5 Å². The van der Waals surface area contributed by atoms with Gasteiger partial charge in [-0.3, -0.25) is 9.78 Å². The molecule has 0 radical (unpaired) electrons. The lowest BCUT2D eigenvalue weighted by Crippen LogP contribution is -2.40. The Morgan fingerprint density at radius 2 is 2.15 bits per heavy atom. The fourth-order valence-electron chi connectivity index (χ4n) is 2.97. The van der Waals surface area contributed by atoms with Gasteiger partial charge in [-0.2, -0.15) is 5.26 Å². The van der Waals surface area contributed by atoms with Crippen LogP contribution in [0.1, 0.15) is 42.6 Å². The lowest BCUT2D eigenvalue weighted by molar-refractivity contribution is -0.116. The molecule has 5 heteroatoms. The first-order valence-corrected chi connectivity index (χ1v) is 6.96. The maximum Gasteiger partial charge on any atom is 0.236 e. The molecule has 1 aliphatic rings. The lowest BCUT2D eigenvalue weighted by Gasteiger charge is -2.31. The van der Waals surface area contributed by atoms with Crippen LogP contribution in [0.2, 0.25) is 0 Å². The molecular weight excluding hydrogens is 252 g/mol. The van der Waals surface area contributed by atoms with Crippen LogP contribution in [0.25, 0.3) is 0 Å². The van der Waals surface area contributed by atoms with Crippen LogP contribution in [0.4, 0.5) is 5.69 Å². The van der Waals surface area contributed by atoms with Gasteiger partial charge >= 0.3 is 0 Å². The van der Waals surface area contributed by atoms with Crippen molar-refractivity contribution < 1.29 is 4.79 Å². The number of primary amides is 1. The Kier molecular flexibility index (Phi) is 4.23. The van der Waals surface area contributed by atoms with Crippen molar-refractivity contribution in [2.75, 3.05) is 11.4 Å². The summed E-state index contributed by atoms with van der Waals surface area (Å²) in [6.07, 6.45) is 4.40. The molecule has 1 fully saturated rings. The first-order valence-electron chi connectivity index (χ1n) is 6.96. The van der Waals surface area contributed by atoms with E-state index in [0.717, 1.165) is 37.1 Å². The van der Waals surface area contributed by atoms with E-state index in [1.54, 1.807) is 0 Å². The van der Waals surface area contributed by atoms with Crippen molar-refractivity contribution >= 4 is 11.6 Å². The molecule has 1 amide bonds. The number of nitrogens with zero attached hydrogens (tertiary/aromatic N) is 3. The highest BCUT2D eigenvalue weighted by molar-refractivity contribution is 5.80. The second-order valence-electron chi connectivity index (χ2n) is 5.39. The Labute approximate surface area is 119 Å². The maximum absolute atomic E-state index is 11.4. The van der Waals surface area contributed by atoms with E-state index in [1.165, 1.54) is 0 Å². The van der Waals surface area contributed by atoms with E-state index >= 15 is 0 Å². The van der Waals surface area contributed by atoms with Crippen LogP contribution in [0, 0.1) is 25.2 Å². The summed E-state index contributed by atoms with van der Waals surface area (Å²) < 4.78 is 0. The van der Waals surface area contributed by atoms with Crippen molar-refractivity contribution in [3.8, 4) is 6.07 Å². The predicted molar refractivity (Wildman–Crippen MR) is 77.2 cm³/mol. The van der Waals surface area contributed by atoms with Gasteiger partial charge in [0.2, 0.25) is 5.91 Å². The smallest absolute Gasteiger partial charge is 0.236 e. The van der Waals surface area contributed by atoms with E-state index in [1.807, 2.05) is 24.8 Å². The zero-order chi connectivity index (χ0) is 14.7. The molecule has 5 nitrogen and oxygen atoms in total. The average Bonchev–Trinajstić information content (AvgIpc) is 2.88. The number of carbonyl (C=O) groups is 1. The molecule has 0 atom stereocenters. The molecule has 1 aliphatic carbocycles. The van der Waals surface area contributed by atoms with Crippen molar-refractivity contribution in [3.63, 3.8) is 0 Å². The predicted octanol–water partition coefficient (Wildman–Crippen LogP) is 1.80. The van der Waals surface area contributed by atoms with E-state index in [2.05, 4.69) is 11.1 Å². The summed E-state index contributed by atoms with van der Waals surface area (Å²) in [7, 11) is 0. The highest BCUT2D eigenvalue weighted by Crippen LogP contribution is 2.31. The van der Waals surface area contributed by atoms with Crippen LogP contribution in [0.3, 0.4) is 0 Å². The van der Waals surface area contributed by atoms with Gasteiger partial charge in [0.25, 0.3) is 0 Å². The first-order chi connectivity index (χ1) is 9.52. The molecular formula is C15H20N4O. The number of rotatable bonds is 4. The molecule has 0 saturated heterocycles. The third-order valence-corrected chi connectivity index (χ3v) is 3.82. The van der Waals surface area contributed by atoms with Crippen LogP contribution in [-0.2, 0) is 4.79 Å². The molecule has 0 aliphatic heterocycles. The normalized spacial score (nSPS) is 15.1. The summed E-state index contributed by atoms with van der Waals surface area (Å²) in [6.45, 7) is 3.88. The van der Waals surface area contributed by atoms with Gasteiger partial charge in [0.15, 0.2) is 0 Å². The second-order valence-corrected chi connectivity index (χ2v) is 5.39. The number of amides is 1. The standard InChI is InChI=1S/C15H20N4O/c1-10-7-14(13(8-16)11(2)18-10)19(9-15(17)20)12-5-3-4-6-12/h7,12H,3-6,9H2,1-2H3,(H2,17,20). The Morgan fingerprint density at radius 1 is 1.50 bits per heavy atom. The highest BCUT2D eigenvalue weighted by Gasteiger charge is 2.26. The fraction of sp³-hybridized carbons (Fsp3) is 0.533. The molecule has 106 valence electrons. The number of carbonyl (C=O) groups excluding carboxylic acids is 1. The zero-order valence-corrected chi connectivity index (χ0v) is 12.0. The number of nitrogens with two attached hydrogens (primary N) is 1. The largest absolute Gasteiger partial charge is 0.368 e. The Bertz CT molecular complexity index is 556. The number of aryl methyl sites for hydroxylation is 2. The Balaban J connectivity index is 2.47. The monoisotopic (exact) mass is 272 g/mol. The Hall–Kier alpha value is -2.09. The molecule has 1 heterocycles. The van der Waals surface area contributed by atoms with Gasteiger partial charge in [0.05, 0.1) is 23.5 Å². The van der Waals surface area contributed by atoms with Crippen molar-refractivity contribution in [2.24, 2.45) is 5.73 Å². The molecule has 0 bridgehead atoms. The third kappa shape index (κ3) is 2.90. The third-order valence-electron chi connectivity index (χ3n) is 3.82. The van der Waals surface area contributed by atoms with Gasteiger partial charge in [0.1, 0.15) is 6.07 Å². The summed E-state index contributed by atoms with van der Waals surface area (Å²) in [4.78, 5) is 17.7. The minimum atomic E-state index is -0.368. The van der Waals surface area contributed by atoms with Crippen LogP contribution in [0.5, 0.6) is 0 Å². The molecule has 20 heavy (non-hydrogen) atoms. The molecule has 1 aromatic heterocycles. The van der Waals surface area contributed by atoms with Crippen LogP contribution in [0.15, 0.2) is 6.07 Å². The van der Waals surface area contributed by atoms with Gasteiger partial charge < -0.3 is 10.6 Å². The maximum atomic E-state index is 11.4. The van der Waals surface area contributed by atoms with Gasteiger partial charge in [-0.1, -0.05) is 12.8 Å². The van der Waals surface area contributed by atoms with Gasteiger partial charge in [0, 0.05) is 11.7 Å².